The second-order valence-corrected chi connectivity index (χ2v) is 11.9. The predicted molar refractivity (Wildman–Crippen MR) is 176 cm³/mol. The number of hydrogen-bond donors (Lipinski definition) is 2. The van der Waals surface area contributed by atoms with E-state index in [1.807, 2.05) is 35.2 Å². The van der Waals surface area contributed by atoms with E-state index in [1.54, 1.807) is 21.2 Å². The molecule has 44 heavy (non-hydrogen) atoms. The van der Waals surface area contributed by atoms with E-state index in [1.165, 1.54) is 4.90 Å². The molecule has 3 aromatic carbocycles. The number of fused-ring (bicyclic) bond motifs is 1. The van der Waals surface area contributed by atoms with Crippen LogP contribution in [0.2, 0.25) is 0 Å². The minimum atomic E-state index is -0.257. The Labute approximate surface area is 260 Å². The molecule has 5 rings (SSSR count). The van der Waals surface area contributed by atoms with Gasteiger partial charge in [0.2, 0.25) is 5.91 Å². The number of ether oxygens (including phenoxy) is 1. The fraction of sp³-hybridized carbons (Fsp3) is 0.400. The number of carbonyl (C=O) groups is 2. The summed E-state index contributed by atoms with van der Waals surface area (Å²) in [6.45, 7) is 2.98. The van der Waals surface area contributed by atoms with Crippen molar-refractivity contribution in [3.05, 3.63) is 84.2 Å². The number of nitrogens with one attached hydrogen (secondary N) is 1. The van der Waals surface area contributed by atoms with Gasteiger partial charge in [0.15, 0.2) is 0 Å². The summed E-state index contributed by atoms with van der Waals surface area (Å²) in [6.07, 6.45) is 3.84. The number of aromatic nitrogens is 2. The predicted octanol–water partition coefficient (Wildman–Crippen LogP) is 5.50. The topological polar surface area (TPSA) is 106 Å². The van der Waals surface area contributed by atoms with Crippen LogP contribution in [0.15, 0.2) is 72.8 Å². The van der Waals surface area contributed by atoms with E-state index in [0.717, 1.165) is 71.6 Å². The molecule has 232 valence electrons. The third kappa shape index (κ3) is 7.65. The molecule has 0 aliphatic carbocycles. The second-order valence-electron chi connectivity index (χ2n) is 11.9. The fourth-order valence-corrected chi connectivity index (χ4v) is 5.97. The quantitative estimate of drug-likeness (QED) is 0.223. The molecule has 2 unspecified atom stereocenters. The van der Waals surface area contributed by atoms with Gasteiger partial charge in [-0.25, -0.2) is 9.78 Å². The fourth-order valence-electron chi connectivity index (χ4n) is 5.97. The maximum atomic E-state index is 13.4. The van der Waals surface area contributed by atoms with Crippen molar-refractivity contribution in [2.24, 2.45) is 5.73 Å². The second kappa shape index (κ2) is 14.5. The van der Waals surface area contributed by atoms with E-state index in [9.17, 15) is 9.59 Å². The molecule has 0 spiro atoms. The summed E-state index contributed by atoms with van der Waals surface area (Å²) in [4.78, 5) is 33.8. The van der Waals surface area contributed by atoms with Gasteiger partial charge in [-0.15, -0.1) is 0 Å². The number of aryl methyl sites for hydroxylation is 1. The molecule has 1 aromatic heterocycles. The summed E-state index contributed by atoms with van der Waals surface area (Å²) in [6, 6.07) is 23.9. The van der Waals surface area contributed by atoms with Crippen LogP contribution >= 0.6 is 0 Å². The van der Waals surface area contributed by atoms with Gasteiger partial charge < -0.3 is 30.2 Å². The Morgan fingerprint density at radius 2 is 1.75 bits per heavy atom. The number of amides is 3. The largest absolute Gasteiger partial charge is 0.385 e. The number of rotatable bonds is 11. The summed E-state index contributed by atoms with van der Waals surface area (Å²) in [5.74, 6) is 1.38. The van der Waals surface area contributed by atoms with Gasteiger partial charge in [0.25, 0.3) is 0 Å². The molecule has 9 nitrogen and oxygen atoms in total. The number of imidazole rings is 1. The van der Waals surface area contributed by atoms with Crippen LogP contribution in [0.4, 0.5) is 10.5 Å². The zero-order valence-electron chi connectivity index (χ0n) is 26.0. The molecule has 0 radical (unpaired) electrons. The monoisotopic (exact) mass is 596 g/mol. The number of piperidine rings is 1. The lowest BCUT2D eigenvalue weighted by Gasteiger charge is -2.33. The van der Waals surface area contributed by atoms with E-state index in [-0.39, 0.29) is 23.9 Å². The van der Waals surface area contributed by atoms with Gasteiger partial charge in [0.1, 0.15) is 5.82 Å². The molecule has 3 N–H and O–H groups in total. The van der Waals surface area contributed by atoms with Gasteiger partial charge in [-0.2, -0.15) is 0 Å². The normalized spacial score (nSPS) is 15.7. The number of likely N-dealkylation sites (tertiary alicyclic amines) is 1. The average Bonchev–Trinajstić information content (AvgIpc) is 3.40. The van der Waals surface area contributed by atoms with Crippen LogP contribution in [0, 0.1) is 0 Å². The lowest BCUT2D eigenvalue weighted by molar-refractivity contribution is -0.132. The Kier molecular flexibility index (Phi) is 10.3. The van der Waals surface area contributed by atoms with E-state index in [4.69, 9.17) is 15.5 Å². The standard InChI is InChI=1S/C35H44N6O3/c1-39(2)35(43)37-30-17-15-27(16-18-30)26-13-11-25(12-14-26)22-29(36)23-33(42)40-19-6-8-28(24-40)34-38-31-9-4-5-10-32(31)41(34)20-7-21-44-3/h4-5,9-18,28-29H,6-8,19-24,36H2,1-3H3,(H,37,43). The Morgan fingerprint density at radius 3 is 2.45 bits per heavy atom. The van der Waals surface area contributed by atoms with Crippen LogP contribution in [-0.4, -0.2) is 78.2 Å². The zero-order valence-corrected chi connectivity index (χ0v) is 26.0. The molecule has 4 aromatic rings. The summed E-state index contributed by atoms with van der Waals surface area (Å²) in [7, 11) is 5.15. The number of para-hydroxylation sites is 2. The molecule has 2 atom stereocenters. The summed E-state index contributed by atoms with van der Waals surface area (Å²) >= 11 is 0. The first-order chi connectivity index (χ1) is 21.3. The number of urea groups is 1. The molecule has 1 fully saturated rings. The molecule has 3 amide bonds. The number of methoxy groups -OCH3 is 1. The van der Waals surface area contributed by atoms with E-state index in [0.29, 0.717) is 26.0 Å². The third-order valence-electron chi connectivity index (χ3n) is 8.32. The van der Waals surface area contributed by atoms with Crippen molar-refractivity contribution in [1.29, 1.82) is 0 Å². The van der Waals surface area contributed by atoms with Crippen molar-refractivity contribution in [3.63, 3.8) is 0 Å². The molecular formula is C35H44N6O3. The molecule has 0 saturated carbocycles. The number of nitrogens with zero attached hydrogens (tertiary/aromatic N) is 4. The van der Waals surface area contributed by atoms with E-state index >= 15 is 0 Å². The highest BCUT2D eigenvalue weighted by Crippen LogP contribution is 2.30. The highest BCUT2D eigenvalue weighted by molar-refractivity contribution is 5.89. The lowest BCUT2D eigenvalue weighted by atomic mass is 9.95. The van der Waals surface area contributed by atoms with Crippen molar-refractivity contribution >= 4 is 28.7 Å². The van der Waals surface area contributed by atoms with Crippen molar-refractivity contribution < 1.29 is 14.3 Å². The summed E-state index contributed by atoms with van der Waals surface area (Å²) in [5.41, 5.74) is 12.6. The Hall–Kier alpha value is -4.21. The van der Waals surface area contributed by atoms with Crippen LogP contribution < -0.4 is 11.1 Å². The highest BCUT2D eigenvalue weighted by Gasteiger charge is 2.29. The lowest BCUT2D eigenvalue weighted by Crippen LogP contribution is -2.42. The summed E-state index contributed by atoms with van der Waals surface area (Å²) < 4.78 is 7.62. The van der Waals surface area contributed by atoms with Crippen LogP contribution in [0.5, 0.6) is 0 Å². The van der Waals surface area contributed by atoms with Crippen molar-refractivity contribution in [2.75, 3.05) is 46.2 Å². The first-order valence-corrected chi connectivity index (χ1v) is 15.5. The van der Waals surface area contributed by atoms with Gasteiger partial charge >= 0.3 is 6.03 Å². The van der Waals surface area contributed by atoms with Gasteiger partial charge in [-0.05, 0) is 66.6 Å². The molecule has 0 bridgehead atoms. The highest BCUT2D eigenvalue weighted by atomic mass is 16.5. The number of benzene rings is 3. The molecular weight excluding hydrogens is 552 g/mol. The first-order valence-electron chi connectivity index (χ1n) is 15.5. The maximum absolute atomic E-state index is 13.4. The number of nitrogens with two attached hydrogens (primary N) is 1. The minimum Gasteiger partial charge on any atom is -0.385 e. The van der Waals surface area contributed by atoms with Crippen LogP contribution in [-0.2, 0) is 22.5 Å². The molecule has 9 heteroatoms. The first kappa shape index (κ1) is 31.2. The van der Waals surface area contributed by atoms with Crippen molar-refractivity contribution in [2.45, 2.75) is 50.6 Å². The van der Waals surface area contributed by atoms with Gasteiger partial charge in [0, 0.05) is 71.5 Å². The SMILES string of the molecule is COCCCn1c(C2CCCN(C(=O)CC(N)Cc3ccc(-c4ccc(NC(=O)N(C)C)cc4)cc3)C2)nc2ccccc21. The van der Waals surface area contributed by atoms with Gasteiger partial charge in [-0.1, -0.05) is 48.5 Å². The molecule has 1 saturated heterocycles. The number of anilines is 1. The van der Waals surface area contributed by atoms with Crippen molar-refractivity contribution in [3.8, 4) is 11.1 Å². The summed E-state index contributed by atoms with van der Waals surface area (Å²) in [5, 5.41) is 2.85. The smallest absolute Gasteiger partial charge is 0.321 e. The molecule has 2 heterocycles. The Bertz CT molecular complexity index is 1550. The van der Waals surface area contributed by atoms with Crippen LogP contribution in [0.25, 0.3) is 22.2 Å². The Morgan fingerprint density at radius 1 is 1.05 bits per heavy atom. The number of hydrogen-bond acceptors (Lipinski definition) is 5. The molecule has 1 aliphatic heterocycles. The minimum absolute atomic E-state index is 0.113. The molecule has 1 aliphatic rings. The third-order valence-corrected chi connectivity index (χ3v) is 8.32. The van der Waals surface area contributed by atoms with Crippen molar-refractivity contribution in [1.82, 2.24) is 19.4 Å². The van der Waals surface area contributed by atoms with Crippen LogP contribution in [0.1, 0.15) is 43.0 Å². The maximum Gasteiger partial charge on any atom is 0.321 e. The van der Waals surface area contributed by atoms with Crippen LogP contribution in [0.3, 0.4) is 0 Å². The van der Waals surface area contributed by atoms with Gasteiger partial charge in [-0.3, -0.25) is 4.79 Å². The van der Waals surface area contributed by atoms with E-state index < -0.39 is 0 Å². The van der Waals surface area contributed by atoms with Gasteiger partial charge in [0.05, 0.1) is 11.0 Å². The Balaban J connectivity index is 1.17. The zero-order chi connectivity index (χ0) is 31.1. The number of carbonyl (C=O) groups excluding carboxylic acids is 2. The average molecular weight is 597 g/mol. The van der Waals surface area contributed by atoms with E-state index in [2.05, 4.69) is 52.3 Å².